The first-order valence-electron chi connectivity index (χ1n) is 9.23. The molecule has 0 spiro atoms. The summed E-state index contributed by atoms with van der Waals surface area (Å²) in [6, 6.07) is 13.4. The summed E-state index contributed by atoms with van der Waals surface area (Å²) in [5.74, 6) is 0.262. The second kappa shape index (κ2) is 8.12. The molecular weight excluding hydrogens is 384 g/mol. The number of ketones is 1. The Morgan fingerprint density at radius 3 is 2.57 bits per heavy atom. The van der Waals surface area contributed by atoms with Gasteiger partial charge in [-0.15, -0.1) is 0 Å². The van der Waals surface area contributed by atoms with Gasteiger partial charge in [0.05, 0.1) is 25.7 Å². The molecule has 30 heavy (non-hydrogen) atoms. The van der Waals surface area contributed by atoms with Crippen LogP contribution < -0.4 is 16.0 Å². The number of Topliss-reactive ketones (excluding diaryl/α,β-unsaturated/α-hetero) is 1. The van der Waals surface area contributed by atoms with E-state index >= 15 is 0 Å². The van der Waals surface area contributed by atoms with Gasteiger partial charge in [-0.05, 0) is 42.0 Å². The third-order valence-electron chi connectivity index (χ3n) is 4.77. The SMILES string of the molecule is COc1cccc(C(=O)Cn2c(=O)n(Cc3ccncc3)c(=O)c3ncccc32)c1. The Balaban J connectivity index is 1.83. The van der Waals surface area contributed by atoms with Gasteiger partial charge in [0, 0.05) is 24.2 Å². The van der Waals surface area contributed by atoms with Crippen molar-refractivity contribution in [2.45, 2.75) is 13.1 Å². The Hall–Kier alpha value is -4.07. The van der Waals surface area contributed by atoms with E-state index in [4.69, 9.17) is 4.74 Å². The van der Waals surface area contributed by atoms with Crippen LogP contribution in [0.2, 0.25) is 0 Å². The highest BCUT2D eigenvalue weighted by Gasteiger charge is 2.17. The molecule has 0 saturated heterocycles. The van der Waals surface area contributed by atoms with Gasteiger partial charge in [0.15, 0.2) is 11.3 Å². The summed E-state index contributed by atoms with van der Waals surface area (Å²) in [5.41, 5.74) is 0.515. The Morgan fingerprint density at radius 1 is 1.00 bits per heavy atom. The van der Waals surface area contributed by atoms with E-state index in [9.17, 15) is 14.4 Å². The standard InChI is InChI=1S/C22H18N4O4/c1-30-17-5-2-4-16(12-17)19(27)14-25-18-6-3-9-24-20(18)21(28)26(22(25)29)13-15-7-10-23-11-8-15/h2-12H,13-14H2,1H3. The number of fused-ring (bicyclic) bond motifs is 1. The molecule has 0 bridgehead atoms. The monoisotopic (exact) mass is 402 g/mol. The number of methoxy groups -OCH3 is 1. The zero-order valence-electron chi connectivity index (χ0n) is 16.2. The molecule has 0 N–H and O–H groups in total. The smallest absolute Gasteiger partial charge is 0.332 e. The number of nitrogens with zero attached hydrogens (tertiary/aromatic N) is 4. The lowest BCUT2D eigenvalue weighted by Crippen LogP contribution is -2.41. The van der Waals surface area contributed by atoms with Crippen molar-refractivity contribution in [1.29, 1.82) is 0 Å². The van der Waals surface area contributed by atoms with E-state index in [1.54, 1.807) is 60.9 Å². The summed E-state index contributed by atoms with van der Waals surface area (Å²) in [7, 11) is 1.52. The quantitative estimate of drug-likeness (QED) is 0.457. The molecule has 4 aromatic rings. The number of carbonyl (C=O) groups excluding carboxylic acids is 1. The largest absolute Gasteiger partial charge is 0.497 e. The van der Waals surface area contributed by atoms with Crippen molar-refractivity contribution in [3.8, 4) is 5.75 Å². The average Bonchev–Trinajstić information content (AvgIpc) is 2.80. The molecule has 0 saturated carbocycles. The number of hydrogen-bond acceptors (Lipinski definition) is 6. The normalized spacial score (nSPS) is 10.8. The first-order chi connectivity index (χ1) is 14.6. The molecule has 3 aromatic heterocycles. The Morgan fingerprint density at radius 2 is 1.80 bits per heavy atom. The zero-order valence-corrected chi connectivity index (χ0v) is 16.2. The van der Waals surface area contributed by atoms with Crippen LogP contribution in [-0.2, 0) is 13.1 Å². The van der Waals surface area contributed by atoms with Gasteiger partial charge in [-0.3, -0.25) is 23.7 Å². The molecule has 0 atom stereocenters. The highest BCUT2D eigenvalue weighted by atomic mass is 16.5. The lowest BCUT2D eigenvalue weighted by molar-refractivity contribution is 0.0971. The third kappa shape index (κ3) is 3.62. The molecule has 0 amide bonds. The minimum atomic E-state index is -0.575. The Labute approximate surface area is 171 Å². The van der Waals surface area contributed by atoms with Crippen LogP contribution in [0.25, 0.3) is 11.0 Å². The van der Waals surface area contributed by atoms with Gasteiger partial charge >= 0.3 is 5.69 Å². The summed E-state index contributed by atoms with van der Waals surface area (Å²) in [6.45, 7) is -0.176. The van der Waals surface area contributed by atoms with Crippen molar-refractivity contribution in [3.63, 3.8) is 0 Å². The zero-order chi connectivity index (χ0) is 21.1. The summed E-state index contributed by atoms with van der Waals surface area (Å²) >= 11 is 0. The van der Waals surface area contributed by atoms with Gasteiger partial charge < -0.3 is 4.74 Å². The van der Waals surface area contributed by atoms with Crippen molar-refractivity contribution in [1.82, 2.24) is 19.1 Å². The number of aromatic nitrogens is 4. The summed E-state index contributed by atoms with van der Waals surface area (Å²) in [5, 5.41) is 0. The molecule has 0 unspecified atom stereocenters. The summed E-state index contributed by atoms with van der Waals surface area (Å²) in [6.07, 6.45) is 4.66. The molecule has 0 aliphatic carbocycles. The molecule has 150 valence electrons. The number of ether oxygens (including phenoxy) is 1. The van der Waals surface area contributed by atoms with Crippen molar-refractivity contribution in [2.75, 3.05) is 7.11 Å². The molecule has 0 fully saturated rings. The highest BCUT2D eigenvalue weighted by Crippen LogP contribution is 2.14. The molecule has 8 heteroatoms. The fourth-order valence-electron chi connectivity index (χ4n) is 3.24. The van der Waals surface area contributed by atoms with Crippen molar-refractivity contribution < 1.29 is 9.53 Å². The lowest BCUT2D eigenvalue weighted by atomic mass is 10.1. The number of rotatable bonds is 6. The van der Waals surface area contributed by atoms with Crippen molar-refractivity contribution in [2.24, 2.45) is 0 Å². The molecule has 3 heterocycles. The maximum absolute atomic E-state index is 13.2. The topological polar surface area (TPSA) is 96.1 Å². The van der Waals surface area contributed by atoms with E-state index in [0.29, 0.717) is 16.8 Å². The van der Waals surface area contributed by atoms with Crippen LogP contribution >= 0.6 is 0 Å². The summed E-state index contributed by atoms with van der Waals surface area (Å²) in [4.78, 5) is 47.1. The number of pyridine rings is 2. The Kier molecular flexibility index (Phi) is 5.21. The van der Waals surface area contributed by atoms with Crippen LogP contribution in [-0.4, -0.2) is 32.0 Å². The maximum Gasteiger partial charge on any atom is 0.332 e. The van der Waals surface area contributed by atoms with Gasteiger partial charge in [-0.2, -0.15) is 0 Å². The van der Waals surface area contributed by atoms with Crippen LogP contribution in [0.5, 0.6) is 5.75 Å². The van der Waals surface area contributed by atoms with Gasteiger partial charge in [0.25, 0.3) is 5.56 Å². The fourth-order valence-corrected chi connectivity index (χ4v) is 3.24. The van der Waals surface area contributed by atoms with E-state index in [1.165, 1.54) is 17.9 Å². The lowest BCUT2D eigenvalue weighted by Gasteiger charge is -2.13. The maximum atomic E-state index is 13.2. The van der Waals surface area contributed by atoms with E-state index in [0.717, 1.165) is 10.1 Å². The minimum Gasteiger partial charge on any atom is -0.497 e. The molecule has 0 aliphatic rings. The molecule has 8 nitrogen and oxygen atoms in total. The van der Waals surface area contributed by atoms with E-state index in [1.807, 2.05) is 0 Å². The van der Waals surface area contributed by atoms with E-state index in [-0.39, 0.29) is 24.4 Å². The van der Waals surface area contributed by atoms with Crippen LogP contribution in [0.15, 0.2) is 76.7 Å². The van der Waals surface area contributed by atoms with Crippen LogP contribution in [0, 0.1) is 0 Å². The summed E-state index contributed by atoms with van der Waals surface area (Å²) < 4.78 is 7.54. The molecule has 4 rings (SSSR count). The van der Waals surface area contributed by atoms with E-state index < -0.39 is 11.2 Å². The van der Waals surface area contributed by atoms with Crippen LogP contribution in [0.3, 0.4) is 0 Å². The number of hydrogen-bond donors (Lipinski definition) is 0. The molecule has 0 aliphatic heterocycles. The predicted molar refractivity (Wildman–Crippen MR) is 111 cm³/mol. The highest BCUT2D eigenvalue weighted by molar-refractivity contribution is 5.96. The van der Waals surface area contributed by atoms with E-state index in [2.05, 4.69) is 9.97 Å². The first-order valence-corrected chi connectivity index (χ1v) is 9.23. The van der Waals surface area contributed by atoms with Gasteiger partial charge in [0.1, 0.15) is 5.75 Å². The minimum absolute atomic E-state index is 0.0556. The number of carbonyl (C=O) groups is 1. The Bertz CT molecular complexity index is 1340. The first kappa shape index (κ1) is 19.3. The van der Waals surface area contributed by atoms with Crippen molar-refractivity contribution in [3.05, 3.63) is 99.1 Å². The number of benzene rings is 1. The predicted octanol–water partition coefficient (Wildman–Crippen LogP) is 1.89. The second-order valence-electron chi connectivity index (χ2n) is 6.64. The van der Waals surface area contributed by atoms with Crippen LogP contribution in [0.4, 0.5) is 0 Å². The van der Waals surface area contributed by atoms with Gasteiger partial charge in [0.2, 0.25) is 0 Å². The van der Waals surface area contributed by atoms with Gasteiger partial charge in [-0.1, -0.05) is 12.1 Å². The van der Waals surface area contributed by atoms with Crippen molar-refractivity contribution >= 4 is 16.8 Å². The third-order valence-corrected chi connectivity index (χ3v) is 4.77. The van der Waals surface area contributed by atoms with Crippen LogP contribution in [0.1, 0.15) is 15.9 Å². The second-order valence-corrected chi connectivity index (χ2v) is 6.64. The average molecular weight is 402 g/mol. The van der Waals surface area contributed by atoms with Gasteiger partial charge in [-0.25, -0.2) is 9.78 Å². The fraction of sp³-hybridized carbons (Fsp3) is 0.136. The molecule has 0 radical (unpaired) electrons. The molecule has 1 aromatic carbocycles. The molecular formula is C22H18N4O4.